The van der Waals surface area contributed by atoms with Gasteiger partial charge in [-0.1, -0.05) is 6.92 Å². The van der Waals surface area contributed by atoms with Crippen molar-refractivity contribution in [2.45, 2.75) is 13.8 Å². The summed E-state index contributed by atoms with van der Waals surface area (Å²) in [5, 5.41) is 0. The molecule has 19 heavy (non-hydrogen) atoms. The average Bonchev–Trinajstić information content (AvgIpc) is 2.46. The van der Waals surface area contributed by atoms with Crippen molar-refractivity contribution >= 4 is 5.78 Å². The van der Waals surface area contributed by atoms with Gasteiger partial charge in [-0.3, -0.25) is 9.69 Å². The van der Waals surface area contributed by atoms with Crippen molar-refractivity contribution in [1.29, 1.82) is 0 Å². The van der Waals surface area contributed by atoms with E-state index in [1.807, 2.05) is 26.0 Å². The van der Waals surface area contributed by atoms with Gasteiger partial charge in [0.15, 0.2) is 5.78 Å². The van der Waals surface area contributed by atoms with Gasteiger partial charge in [-0.25, -0.2) is 0 Å². The molecule has 0 unspecified atom stereocenters. The third-order valence-electron chi connectivity index (χ3n) is 2.98. The summed E-state index contributed by atoms with van der Waals surface area (Å²) in [5.41, 5.74) is 0.718. The second-order valence-corrected chi connectivity index (χ2v) is 4.22. The molecule has 0 heterocycles. The number of ether oxygens (including phenoxy) is 2. The highest BCUT2D eigenvalue weighted by Crippen LogP contribution is 2.12. The summed E-state index contributed by atoms with van der Waals surface area (Å²) in [6, 6.07) is 7.22. The number of hydrogen-bond donors (Lipinski definition) is 0. The average molecular weight is 265 g/mol. The van der Waals surface area contributed by atoms with Crippen LogP contribution in [0.25, 0.3) is 0 Å². The molecule has 0 atom stereocenters. The molecule has 0 spiro atoms. The molecule has 0 radical (unpaired) electrons. The van der Waals surface area contributed by atoms with Crippen LogP contribution in [-0.2, 0) is 4.74 Å². The molecule has 0 fully saturated rings. The lowest BCUT2D eigenvalue weighted by Gasteiger charge is -2.19. The fourth-order valence-electron chi connectivity index (χ4n) is 1.76. The molecule has 4 heteroatoms. The number of likely N-dealkylation sites (N-methyl/N-ethyl adjacent to an activating group) is 1. The molecule has 4 nitrogen and oxygen atoms in total. The number of methoxy groups -OCH3 is 1. The monoisotopic (exact) mass is 265 g/mol. The number of ketones is 1. The second-order valence-electron chi connectivity index (χ2n) is 4.22. The molecule has 1 aromatic rings. The summed E-state index contributed by atoms with van der Waals surface area (Å²) in [7, 11) is 1.61. The number of benzene rings is 1. The maximum Gasteiger partial charge on any atom is 0.176 e. The van der Waals surface area contributed by atoms with E-state index in [0.717, 1.165) is 24.4 Å². The number of carbonyl (C=O) groups is 1. The molecule has 106 valence electrons. The number of nitrogens with zero attached hydrogens (tertiary/aromatic N) is 1. The molecule has 0 bridgehead atoms. The predicted octanol–water partition coefficient (Wildman–Crippen LogP) is 2.24. The van der Waals surface area contributed by atoms with E-state index in [9.17, 15) is 4.79 Å². The van der Waals surface area contributed by atoms with Crippen LogP contribution in [0.15, 0.2) is 24.3 Å². The van der Waals surface area contributed by atoms with E-state index >= 15 is 0 Å². The first-order chi connectivity index (χ1) is 9.21. The Kier molecular flexibility index (Phi) is 7.15. The zero-order chi connectivity index (χ0) is 14.1. The van der Waals surface area contributed by atoms with Gasteiger partial charge in [0.25, 0.3) is 0 Å². The van der Waals surface area contributed by atoms with E-state index < -0.39 is 0 Å². The molecule has 0 aliphatic heterocycles. The first-order valence-corrected chi connectivity index (χ1v) is 6.68. The van der Waals surface area contributed by atoms with Crippen LogP contribution in [0.3, 0.4) is 0 Å². The summed E-state index contributed by atoms with van der Waals surface area (Å²) in [5.74, 6) is 0.890. The highest BCUT2D eigenvalue weighted by molar-refractivity contribution is 5.97. The van der Waals surface area contributed by atoms with Crippen molar-refractivity contribution in [2.75, 3.05) is 40.0 Å². The molecule has 0 saturated carbocycles. The van der Waals surface area contributed by atoms with Gasteiger partial charge in [0.05, 0.1) is 20.3 Å². The SMILES string of the molecule is CCOCCN(CC)CC(=O)c1ccc(OC)cc1. The molecular weight excluding hydrogens is 242 g/mol. The summed E-state index contributed by atoms with van der Waals surface area (Å²) < 4.78 is 10.4. The Bertz CT molecular complexity index is 375. The largest absolute Gasteiger partial charge is 0.497 e. The standard InChI is InChI=1S/C15H23NO3/c1-4-16(10-11-19-5-2)12-15(17)13-6-8-14(18-3)9-7-13/h6-9H,4-5,10-12H2,1-3H3. The van der Waals surface area contributed by atoms with E-state index in [1.165, 1.54) is 0 Å². The van der Waals surface area contributed by atoms with E-state index in [1.54, 1.807) is 19.2 Å². The molecule has 1 rings (SSSR count). The molecule has 0 aromatic heterocycles. The van der Waals surface area contributed by atoms with E-state index in [-0.39, 0.29) is 5.78 Å². The Morgan fingerprint density at radius 3 is 2.42 bits per heavy atom. The van der Waals surface area contributed by atoms with Gasteiger partial charge in [-0.2, -0.15) is 0 Å². The summed E-state index contributed by atoms with van der Waals surface area (Å²) in [6.07, 6.45) is 0. The van der Waals surface area contributed by atoms with Gasteiger partial charge >= 0.3 is 0 Å². The second kappa shape index (κ2) is 8.67. The Labute approximate surface area is 115 Å². The molecule has 0 N–H and O–H groups in total. The van der Waals surface area contributed by atoms with Crippen LogP contribution in [0.4, 0.5) is 0 Å². The number of carbonyl (C=O) groups excluding carboxylic acids is 1. The molecule has 0 aliphatic carbocycles. The number of Topliss-reactive ketones (excluding diaryl/α,β-unsaturated/α-hetero) is 1. The Morgan fingerprint density at radius 2 is 1.89 bits per heavy atom. The fourth-order valence-corrected chi connectivity index (χ4v) is 1.76. The summed E-state index contributed by atoms with van der Waals surface area (Å²) >= 11 is 0. The molecule has 0 saturated heterocycles. The number of hydrogen-bond acceptors (Lipinski definition) is 4. The Morgan fingerprint density at radius 1 is 1.21 bits per heavy atom. The van der Waals surface area contributed by atoms with Crippen LogP contribution in [0.2, 0.25) is 0 Å². The smallest absolute Gasteiger partial charge is 0.176 e. The normalized spacial score (nSPS) is 10.7. The highest BCUT2D eigenvalue weighted by atomic mass is 16.5. The minimum atomic E-state index is 0.126. The van der Waals surface area contributed by atoms with Crippen molar-refractivity contribution in [3.05, 3.63) is 29.8 Å². The Balaban J connectivity index is 2.51. The lowest BCUT2D eigenvalue weighted by Crippen LogP contribution is -2.32. The molecular formula is C15H23NO3. The van der Waals surface area contributed by atoms with Gasteiger partial charge in [-0.05, 0) is 37.7 Å². The van der Waals surface area contributed by atoms with E-state index in [0.29, 0.717) is 19.8 Å². The quantitative estimate of drug-likeness (QED) is 0.507. The van der Waals surface area contributed by atoms with Crippen LogP contribution in [0, 0.1) is 0 Å². The maximum atomic E-state index is 12.1. The van der Waals surface area contributed by atoms with E-state index in [4.69, 9.17) is 9.47 Å². The van der Waals surface area contributed by atoms with Gasteiger partial charge in [0.1, 0.15) is 5.75 Å². The van der Waals surface area contributed by atoms with Gasteiger partial charge in [0.2, 0.25) is 0 Å². The zero-order valence-corrected chi connectivity index (χ0v) is 12.0. The fraction of sp³-hybridized carbons (Fsp3) is 0.533. The van der Waals surface area contributed by atoms with Gasteiger partial charge < -0.3 is 9.47 Å². The minimum Gasteiger partial charge on any atom is -0.497 e. The predicted molar refractivity (Wildman–Crippen MR) is 75.9 cm³/mol. The van der Waals surface area contributed by atoms with Gasteiger partial charge in [-0.15, -0.1) is 0 Å². The molecule has 0 amide bonds. The molecule has 1 aromatic carbocycles. The minimum absolute atomic E-state index is 0.126. The first-order valence-electron chi connectivity index (χ1n) is 6.68. The van der Waals surface area contributed by atoms with Gasteiger partial charge in [0, 0.05) is 18.7 Å². The zero-order valence-electron chi connectivity index (χ0n) is 12.0. The van der Waals surface area contributed by atoms with E-state index in [2.05, 4.69) is 4.90 Å². The topological polar surface area (TPSA) is 38.8 Å². The first kappa shape index (κ1) is 15.7. The van der Waals surface area contributed by atoms with Crippen molar-refractivity contribution in [3.8, 4) is 5.75 Å². The third-order valence-corrected chi connectivity index (χ3v) is 2.98. The van der Waals surface area contributed by atoms with Crippen molar-refractivity contribution in [3.63, 3.8) is 0 Å². The lowest BCUT2D eigenvalue weighted by atomic mass is 10.1. The third kappa shape index (κ3) is 5.41. The van der Waals surface area contributed by atoms with Crippen molar-refractivity contribution in [1.82, 2.24) is 4.90 Å². The van der Waals surface area contributed by atoms with Crippen LogP contribution < -0.4 is 4.74 Å². The van der Waals surface area contributed by atoms with Crippen LogP contribution in [0.5, 0.6) is 5.75 Å². The maximum absolute atomic E-state index is 12.1. The van der Waals surface area contributed by atoms with Crippen LogP contribution >= 0.6 is 0 Å². The van der Waals surface area contributed by atoms with Crippen LogP contribution in [0.1, 0.15) is 24.2 Å². The lowest BCUT2D eigenvalue weighted by molar-refractivity contribution is 0.0867. The summed E-state index contributed by atoms with van der Waals surface area (Å²) in [4.78, 5) is 14.2. The highest BCUT2D eigenvalue weighted by Gasteiger charge is 2.11. The number of rotatable bonds is 9. The molecule has 0 aliphatic rings. The van der Waals surface area contributed by atoms with Crippen LogP contribution in [-0.4, -0.2) is 50.6 Å². The Hall–Kier alpha value is -1.39. The van der Waals surface area contributed by atoms with Crippen molar-refractivity contribution in [2.24, 2.45) is 0 Å². The van der Waals surface area contributed by atoms with Crippen molar-refractivity contribution < 1.29 is 14.3 Å². The summed E-state index contributed by atoms with van der Waals surface area (Å²) in [6.45, 7) is 7.45.